The maximum Gasteiger partial charge on any atom is 0.481 e. The predicted molar refractivity (Wildman–Crippen MR) is 210 cm³/mol. The van der Waals surface area contributed by atoms with Gasteiger partial charge in [-0.05, 0) is 18.9 Å². The molecule has 7 atom stereocenters. The van der Waals surface area contributed by atoms with Crippen LogP contribution in [0, 0.1) is 5.41 Å². The van der Waals surface area contributed by atoms with Crippen LogP contribution in [0.4, 0.5) is 5.82 Å². The molecule has 1 aliphatic heterocycles. The monoisotopic (exact) mass is 919 g/mol. The average Bonchev–Trinajstić information content (AvgIpc) is 3.70. The second kappa shape index (κ2) is 22.4. The minimum atomic E-state index is -5.62. The molecule has 24 nitrogen and oxygen atoms in total. The topological polar surface area (TPSA) is 364 Å². The summed E-state index contributed by atoms with van der Waals surface area (Å²) in [5.41, 5.74) is 4.23. The van der Waals surface area contributed by atoms with E-state index in [1.165, 1.54) is 19.9 Å². The van der Waals surface area contributed by atoms with Gasteiger partial charge in [0, 0.05) is 30.7 Å². The molecule has 0 spiro atoms. The van der Waals surface area contributed by atoms with Crippen LogP contribution in [0.25, 0.3) is 11.2 Å². The number of phosphoric acid groups is 3. The minimum Gasteiger partial charge on any atom is -0.386 e. The third kappa shape index (κ3) is 15.9. The molecule has 2 aromatic rings. The molecule has 1 aliphatic rings. The standard InChI is InChI=1S/C31H52N7O17P3S/c1-4-5-6-7-8-9-10-11-19(39)27-36-26(32)22-28(37-27)38(18-35-22)30-23(41)24(54-56(44,45)46)20(53-30)16-51-57(47,48)55-58(49,50)52-17-31(2,3)25(42)29(43)34-13-12-21(40)33-14-15-59/h10-11,18,20,23-25,30,41-42,59H,4-9,12-17H2,1-3H3,(H,33,40)(H,34,43)(H,47,48)(H,49,50)(H2,32,36,37)(H2,44,45,46)/t20-,23-,24-,25+,30-/m1/s1. The molecule has 2 unspecified atom stereocenters. The molecular weight excluding hydrogens is 867 g/mol. The Kier molecular flexibility index (Phi) is 19.2. The number of imidazole rings is 1. The van der Waals surface area contributed by atoms with E-state index in [2.05, 4.69) is 49.4 Å². The fraction of sp³-hybridized carbons (Fsp3) is 0.677. The van der Waals surface area contributed by atoms with Gasteiger partial charge in [-0.25, -0.2) is 28.6 Å². The van der Waals surface area contributed by atoms with E-state index in [0.29, 0.717) is 18.7 Å². The van der Waals surface area contributed by atoms with E-state index in [-0.39, 0.29) is 41.7 Å². The number of allylic oxidation sites excluding steroid dienone is 2. The van der Waals surface area contributed by atoms with E-state index in [1.807, 2.05) is 0 Å². The number of rotatable bonds is 26. The van der Waals surface area contributed by atoms with Crippen LogP contribution in [0.2, 0.25) is 0 Å². The van der Waals surface area contributed by atoms with Gasteiger partial charge >= 0.3 is 23.5 Å². The first kappa shape index (κ1) is 50.7. The minimum absolute atomic E-state index is 0.0442. The van der Waals surface area contributed by atoms with E-state index >= 15 is 0 Å². The van der Waals surface area contributed by atoms with E-state index < -0.39 is 84.4 Å². The van der Waals surface area contributed by atoms with Gasteiger partial charge in [0.1, 0.15) is 29.9 Å². The van der Waals surface area contributed by atoms with Gasteiger partial charge in [-0.3, -0.25) is 32.5 Å². The van der Waals surface area contributed by atoms with Crippen LogP contribution in [0.15, 0.2) is 18.5 Å². The molecule has 0 aromatic carbocycles. The Balaban J connectivity index is 1.69. The van der Waals surface area contributed by atoms with Gasteiger partial charge in [0.05, 0.1) is 19.5 Å². The fourth-order valence-electron chi connectivity index (χ4n) is 5.44. The van der Waals surface area contributed by atoms with Crippen molar-refractivity contribution in [3.05, 3.63) is 24.3 Å². The highest BCUT2D eigenvalue weighted by molar-refractivity contribution is 7.80. The number of hydrogen-bond donors (Lipinski definition) is 10. The first-order valence-electron chi connectivity index (χ1n) is 18.3. The first-order chi connectivity index (χ1) is 27.5. The summed E-state index contributed by atoms with van der Waals surface area (Å²) in [5.74, 6) is -2.11. The molecule has 0 radical (unpaired) electrons. The Labute approximate surface area is 344 Å². The number of carbonyl (C=O) groups excluding carboxylic acids is 3. The normalized spacial score (nSPS) is 21.3. The molecule has 0 aliphatic carbocycles. The van der Waals surface area contributed by atoms with E-state index in [4.69, 9.17) is 24.0 Å². The zero-order chi connectivity index (χ0) is 44.2. The highest BCUT2D eigenvalue weighted by atomic mass is 32.1. The number of nitrogens with zero attached hydrogens (tertiary/aromatic N) is 4. The lowest BCUT2D eigenvalue weighted by Gasteiger charge is -2.30. The number of ether oxygens (including phenoxy) is 1. The number of fused-ring (bicyclic) bond motifs is 1. The van der Waals surface area contributed by atoms with Crippen LogP contribution in [0.3, 0.4) is 0 Å². The summed E-state index contributed by atoms with van der Waals surface area (Å²) in [7, 11) is -16.5. The summed E-state index contributed by atoms with van der Waals surface area (Å²) in [6, 6.07) is 0. The van der Waals surface area contributed by atoms with Crippen molar-refractivity contribution in [2.75, 3.05) is 37.8 Å². The molecule has 2 aromatic heterocycles. The lowest BCUT2D eigenvalue weighted by Crippen LogP contribution is -2.46. The van der Waals surface area contributed by atoms with Gasteiger partial charge in [-0.2, -0.15) is 16.9 Å². The van der Waals surface area contributed by atoms with Crippen molar-refractivity contribution in [2.24, 2.45) is 5.41 Å². The van der Waals surface area contributed by atoms with Crippen LogP contribution in [-0.2, 0) is 45.9 Å². The number of aromatic nitrogens is 4. The molecular formula is C31H52N7O17P3S. The Morgan fingerprint density at radius 3 is 2.39 bits per heavy atom. The zero-order valence-electron chi connectivity index (χ0n) is 32.4. The number of aliphatic hydroxyl groups is 2. The second-order valence-corrected chi connectivity index (χ2v) is 18.6. The van der Waals surface area contributed by atoms with E-state index in [1.54, 1.807) is 6.08 Å². The van der Waals surface area contributed by atoms with Crippen molar-refractivity contribution < 1.29 is 80.5 Å². The molecule has 1 fully saturated rings. The Hall–Kier alpha value is -2.70. The Morgan fingerprint density at radius 2 is 1.73 bits per heavy atom. The number of nitrogens with two attached hydrogens (primary N) is 1. The molecule has 3 rings (SSSR count). The summed E-state index contributed by atoms with van der Waals surface area (Å²) < 4.78 is 62.6. The van der Waals surface area contributed by atoms with Crippen molar-refractivity contribution in [3.8, 4) is 0 Å². The quantitative estimate of drug-likeness (QED) is 0.0210. The number of phosphoric ester groups is 3. The summed E-state index contributed by atoms with van der Waals surface area (Å²) in [5, 5.41) is 26.5. The smallest absolute Gasteiger partial charge is 0.386 e. The number of nitrogens with one attached hydrogen (secondary N) is 2. The molecule has 0 saturated carbocycles. The number of nitrogen functional groups attached to an aromatic ring is 1. The third-order valence-corrected chi connectivity index (χ3v) is 11.9. The number of unbranched alkanes of at least 4 members (excludes halogenated alkanes) is 5. The number of aliphatic hydroxyl groups excluding tert-OH is 2. The van der Waals surface area contributed by atoms with E-state index in [9.17, 15) is 57.9 Å². The molecule has 3 heterocycles. The summed E-state index contributed by atoms with van der Waals surface area (Å²) in [6.45, 7) is 2.70. The van der Waals surface area contributed by atoms with Gasteiger partial charge in [-0.1, -0.05) is 52.5 Å². The number of amides is 2. The summed E-state index contributed by atoms with van der Waals surface area (Å²) in [6.07, 6.45) is 0.396. The first-order valence-corrected chi connectivity index (χ1v) is 23.4. The largest absolute Gasteiger partial charge is 0.481 e. The molecule has 1 saturated heterocycles. The Bertz CT molecular complexity index is 1930. The Morgan fingerprint density at radius 1 is 1.05 bits per heavy atom. The number of thiol groups is 1. The maximum atomic E-state index is 12.9. The molecule has 334 valence electrons. The lowest BCUT2D eigenvalue weighted by molar-refractivity contribution is -0.137. The SMILES string of the molecule is CCCCCCCC=CC(=O)c1nc(N)c2ncn([C@@H]3O[C@H](COP(=O)(O)OP(=O)(O)OCC(C)(C)[C@@H](O)C(=O)NCCC(=O)NCCS)[C@@H](OP(=O)(O)O)[C@H]3O)c2n1. The highest BCUT2D eigenvalue weighted by Crippen LogP contribution is 2.61. The third-order valence-electron chi connectivity index (χ3n) is 8.54. The molecule has 28 heteroatoms. The van der Waals surface area contributed by atoms with Gasteiger partial charge in [0.2, 0.25) is 23.4 Å². The zero-order valence-corrected chi connectivity index (χ0v) is 36.0. The maximum absolute atomic E-state index is 12.9. The lowest BCUT2D eigenvalue weighted by atomic mass is 9.87. The summed E-state index contributed by atoms with van der Waals surface area (Å²) in [4.78, 5) is 88.9. The molecule has 0 bridgehead atoms. The van der Waals surface area contributed by atoms with Gasteiger partial charge in [0.25, 0.3) is 0 Å². The fourth-order valence-corrected chi connectivity index (χ4v) is 8.39. The van der Waals surface area contributed by atoms with Gasteiger partial charge < -0.3 is 50.9 Å². The number of ketones is 1. The van der Waals surface area contributed by atoms with Gasteiger partial charge in [-0.15, -0.1) is 0 Å². The van der Waals surface area contributed by atoms with Gasteiger partial charge in [0.15, 0.2) is 17.7 Å². The second-order valence-electron chi connectivity index (χ2n) is 13.9. The molecule has 59 heavy (non-hydrogen) atoms. The van der Waals surface area contributed by atoms with Crippen molar-refractivity contribution in [2.45, 2.75) is 96.4 Å². The number of anilines is 1. The molecule has 10 N–H and O–H groups in total. The summed E-state index contributed by atoms with van der Waals surface area (Å²) >= 11 is 3.96. The van der Waals surface area contributed by atoms with Crippen molar-refractivity contribution in [1.82, 2.24) is 30.2 Å². The van der Waals surface area contributed by atoms with Crippen LogP contribution in [0.5, 0.6) is 0 Å². The molecule has 2 amide bonds. The number of carbonyl (C=O) groups is 3. The van der Waals surface area contributed by atoms with Crippen LogP contribution in [0.1, 0.15) is 82.6 Å². The highest BCUT2D eigenvalue weighted by Gasteiger charge is 2.50. The van der Waals surface area contributed by atoms with Crippen LogP contribution in [-0.4, -0.2) is 123 Å². The van der Waals surface area contributed by atoms with Crippen molar-refractivity contribution in [1.29, 1.82) is 0 Å². The number of hydrogen-bond acceptors (Lipinski definition) is 18. The van der Waals surface area contributed by atoms with Crippen molar-refractivity contribution in [3.63, 3.8) is 0 Å². The van der Waals surface area contributed by atoms with Crippen LogP contribution >= 0.6 is 36.1 Å². The predicted octanol–water partition coefficient (Wildman–Crippen LogP) is 1.43. The van der Waals surface area contributed by atoms with E-state index in [0.717, 1.165) is 43.0 Å². The van der Waals surface area contributed by atoms with Crippen molar-refractivity contribution >= 4 is 70.7 Å². The average molecular weight is 920 g/mol. The van der Waals surface area contributed by atoms with Crippen LogP contribution < -0.4 is 16.4 Å².